The number of benzene rings is 1. The number of aliphatic hydroxyl groups is 1. The number of piperazine rings is 1. The van der Waals surface area contributed by atoms with Crippen LogP contribution in [0.1, 0.15) is 51.5 Å². The second-order valence-electron chi connectivity index (χ2n) is 9.59. The van der Waals surface area contributed by atoms with Crippen molar-refractivity contribution in [3.63, 3.8) is 0 Å². The van der Waals surface area contributed by atoms with E-state index in [1.165, 1.54) is 37.7 Å². The van der Waals surface area contributed by atoms with Gasteiger partial charge in [0.2, 0.25) is 0 Å². The van der Waals surface area contributed by atoms with Crippen molar-refractivity contribution in [3.8, 4) is 11.5 Å². The minimum atomic E-state index is -0.506. The smallest absolute Gasteiger partial charge is 0.161 e. The summed E-state index contributed by atoms with van der Waals surface area (Å²) in [7, 11) is 3.80. The van der Waals surface area contributed by atoms with E-state index >= 15 is 0 Å². The standard InChI is InChI=1S/C25H43N3O3/c1-20(2)28-14-12-27(13-15-28)17-21-10-11-24(25(16-21)30-4)31-19-23(29)18-26(3)22-8-6-5-7-9-22/h10-11,16,20,22-23,29H,5-9,12-15,17-19H2,1-4H3/t23-/m0/s1. The van der Waals surface area contributed by atoms with Crippen LogP contribution in [0.25, 0.3) is 0 Å². The zero-order chi connectivity index (χ0) is 22.2. The van der Waals surface area contributed by atoms with Gasteiger partial charge in [-0.3, -0.25) is 9.80 Å². The van der Waals surface area contributed by atoms with Gasteiger partial charge in [0, 0.05) is 51.4 Å². The summed E-state index contributed by atoms with van der Waals surface area (Å²) in [6, 6.07) is 7.39. The van der Waals surface area contributed by atoms with E-state index in [0.29, 0.717) is 24.4 Å². The van der Waals surface area contributed by atoms with Crippen LogP contribution in [0.2, 0.25) is 0 Å². The molecule has 3 rings (SSSR count). The average molecular weight is 434 g/mol. The molecule has 1 aromatic carbocycles. The van der Waals surface area contributed by atoms with E-state index in [1.54, 1.807) is 7.11 Å². The van der Waals surface area contributed by atoms with Crippen molar-refractivity contribution >= 4 is 0 Å². The van der Waals surface area contributed by atoms with Crippen LogP contribution in [0.5, 0.6) is 11.5 Å². The molecule has 1 atom stereocenters. The predicted molar refractivity (Wildman–Crippen MR) is 126 cm³/mol. The Labute approximate surface area is 189 Å². The molecule has 1 N–H and O–H groups in total. The van der Waals surface area contributed by atoms with E-state index in [1.807, 2.05) is 6.07 Å². The summed E-state index contributed by atoms with van der Waals surface area (Å²) in [4.78, 5) is 7.33. The fourth-order valence-electron chi connectivity index (χ4n) is 4.87. The normalized spacial score (nSPS) is 20.4. The maximum Gasteiger partial charge on any atom is 0.161 e. The first-order valence-electron chi connectivity index (χ1n) is 12.1. The summed E-state index contributed by atoms with van der Waals surface area (Å²) in [6.45, 7) is 10.8. The van der Waals surface area contributed by atoms with Crippen LogP contribution in [0.4, 0.5) is 0 Å². The maximum atomic E-state index is 10.5. The molecular formula is C25H43N3O3. The van der Waals surface area contributed by atoms with Crippen LogP contribution in [0.3, 0.4) is 0 Å². The number of nitrogens with zero attached hydrogens (tertiary/aromatic N) is 3. The minimum absolute atomic E-state index is 0.282. The Morgan fingerprint density at radius 3 is 2.42 bits per heavy atom. The topological polar surface area (TPSA) is 48.4 Å². The molecule has 0 amide bonds. The minimum Gasteiger partial charge on any atom is -0.493 e. The second-order valence-corrected chi connectivity index (χ2v) is 9.59. The Balaban J connectivity index is 1.47. The lowest BCUT2D eigenvalue weighted by Crippen LogP contribution is -2.48. The second kappa shape index (κ2) is 12.0. The van der Waals surface area contributed by atoms with Crippen molar-refractivity contribution in [2.75, 3.05) is 53.5 Å². The summed E-state index contributed by atoms with van der Waals surface area (Å²) in [6.07, 6.45) is 5.93. The van der Waals surface area contributed by atoms with Crippen LogP contribution >= 0.6 is 0 Å². The Kier molecular flexibility index (Phi) is 9.45. The molecule has 0 unspecified atom stereocenters. The van der Waals surface area contributed by atoms with Gasteiger partial charge < -0.3 is 19.5 Å². The Bertz CT molecular complexity index is 655. The van der Waals surface area contributed by atoms with E-state index in [4.69, 9.17) is 9.47 Å². The summed E-state index contributed by atoms with van der Waals surface area (Å²) < 4.78 is 11.5. The Morgan fingerprint density at radius 1 is 1.06 bits per heavy atom. The molecule has 1 aromatic rings. The molecule has 2 aliphatic rings. The third-order valence-corrected chi connectivity index (χ3v) is 6.90. The monoisotopic (exact) mass is 433 g/mol. The molecule has 6 heteroatoms. The number of likely N-dealkylation sites (N-methyl/N-ethyl adjacent to an activating group) is 1. The van der Waals surface area contributed by atoms with Crippen molar-refractivity contribution in [1.82, 2.24) is 14.7 Å². The van der Waals surface area contributed by atoms with Crippen molar-refractivity contribution in [2.24, 2.45) is 0 Å². The zero-order valence-corrected chi connectivity index (χ0v) is 20.1. The summed E-state index contributed by atoms with van der Waals surface area (Å²) in [5, 5.41) is 10.5. The lowest BCUT2D eigenvalue weighted by Gasteiger charge is -2.37. The van der Waals surface area contributed by atoms with Crippen LogP contribution in [-0.2, 0) is 6.54 Å². The molecular weight excluding hydrogens is 390 g/mol. The van der Waals surface area contributed by atoms with Crippen LogP contribution in [0, 0.1) is 0 Å². The van der Waals surface area contributed by atoms with Crippen LogP contribution in [-0.4, -0.2) is 91.5 Å². The van der Waals surface area contributed by atoms with Gasteiger partial charge in [-0.1, -0.05) is 25.3 Å². The first-order chi connectivity index (χ1) is 15.0. The molecule has 6 nitrogen and oxygen atoms in total. The quantitative estimate of drug-likeness (QED) is 0.611. The number of aliphatic hydroxyl groups excluding tert-OH is 1. The first kappa shape index (κ1) is 24.3. The van der Waals surface area contributed by atoms with Gasteiger partial charge in [-0.2, -0.15) is 0 Å². The predicted octanol–water partition coefficient (Wildman–Crippen LogP) is 3.23. The molecule has 31 heavy (non-hydrogen) atoms. The largest absolute Gasteiger partial charge is 0.493 e. The molecule has 0 bridgehead atoms. The summed E-state index contributed by atoms with van der Waals surface area (Å²) in [5.74, 6) is 1.45. The Hall–Kier alpha value is -1.34. The molecule has 0 aromatic heterocycles. The third kappa shape index (κ3) is 7.35. The van der Waals surface area contributed by atoms with Gasteiger partial charge in [-0.05, 0) is 51.4 Å². The fourth-order valence-corrected chi connectivity index (χ4v) is 4.87. The molecule has 1 saturated heterocycles. The van der Waals surface area contributed by atoms with Gasteiger partial charge >= 0.3 is 0 Å². The SMILES string of the molecule is COc1cc(CN2CCN(C(C)C)CC2)ccc1OC[C@@H](O)CN(C)C1CCCCC1. The van der Waals surface area contributed by atoms with Crippen molar-refractivity contribution in [2.45, 2.75) is 70.7 Å². The van der Waals surface area contributed by atoms with Gasteiger partial charge in [0.15, 0.2) is 11.5 Å². The first-order valence-corrected chi connectivity index (χ1v) is 12.1. The van der Waals surface area contributed by atoms with Crippen molar-refractivity contribution in [3.05, 3.63) is 23.8 Å². The highest BCUT2D eigenvalue weighted by Crippen LogP contribution is 2.29. The van der Waals surface area contributed by atoms with Gasteiger partial charge in [0.25, 0.3) is 0 Å². The molecule has 2 fully saturated rings. The zero-order valence-electron chi connectivity index (χ0n) is 20.1. The van der Waals surface area contributed by atoms with E-state index in [9.17, 15) is 5.11 Å². The average Bonchev–Trinajstić information content (AvgIpc) is 2.79. The maximum absolute atomic E-state index is 10.5. The highest BCUT2D eigenvalue weighted by molar-refractivity contribution is 5.43. The lowest BCUT2D eigenvalue weighted by atomic mass is 9.94. The van der Waals surface area contributed by atoms with Gasteiger partial charge in [0.05, 0.1) is 7.11 Å². The molecule has 1 aliphatic carbocycles. The highest BCUT2D eigenvalue weighted by Gasteiger charge is 2.21. The number of methoxy groups -OCH3 is 1. The lowest BCUT2D eigenvalue weighted by molar-refractivity contribution is 0.0553. The fraction of sp³-hybridized carbons (Fsp3) is 0.760. The van der Waals surface area contributed by atoms with Crippen LogP contribution < -0.4 is 9.47 Å². The third-order valence-electron chi connectivity index (χ3n) is 6.90. The summed E-state index contributed by atoms with van der Waals surface area (Å²) >= 11 is 0. The molecule has 1 saturated carbocycles. The summed E-state index contributed by atoms with van der Waals surface area (Å²) in [5.41, 5.74) is 1.24. The van der Waals surface area contributed by atoms with Crippen molar-refractivity contribution < 1.29 is 14.6 Å². The molecule has 0 spiro atoms. The van der Waals surface area contributed by atoms with Gasteiger partial charge in [-0.15, -0.1) is 0 Å². The number of ether oxygens (including phenoxy) is 2. The molecule has 176 valence electrons. The Morgan fingerprint density at radius 2 is 1.77 bits per heavy atom. The van der Waals surface area contributed by atoms with Crippen LogP contribution in [0.15, 0.2) is 18.2 Å². The number of hydrogen-bond acceptors (Lipinski definition) is 6. The van der Waals surface area contributed by atoms with E-state index in [2.05, 4.69) is 47.7 Å². The molecule has 0 radical (unpaired) electrons. The number of rotatable bonds is 10. The van der Waals surface area contributed by atoms with E-state index in [0.717, 1.165) is 38.5 Å². The molecule has 1 aliphatic heterocycles. The van der Waals surface area contributed by atoms with Gasteiger partial charge in [-0.25, -0.2) is 0 Å². The number of hydrogen-bond donors (Lipinski definition) is 1. The van der Waals surface area contributed by atoms with Gasteiger partial charge in [0.1, 0.15) is 12.7 Å². The van der Waals surface area contributed by atoms with E-state index < -0.39 is 6.10 Å². The van der Waals surface area contributed by atoms with Crippen molar-refractivity contribution in [1.29, 1.82) is 0 Å². The highest BCUT2D eigenvalue weighted by atomic mass is 16.5. The van der Waals surface area contributed by atoms with E-state index in [-0.39, 0.29) is 6.61 Å². The molecule has 1 heterocycles.